The van der Waals surface area contributed by atoms with Crippen molar-refractivity contribution in [2.45, 2.75) is 19.9 Å². The number of fused-ring (bicyclic) bond motifs is 3. The Bertz CT molecular complexity index is 885. The summed E-state index contributed by atoms with van der Waals surface area (Å²) in [5.41, 5.74) is 6.72. The predicted molar refractivity (Wildman–Crippen MR) is 90.5 cm³/mol. The van der Waals surface area contributed by atoms with E-state index in [-0.39, 0.29) is 0 Å². The van der Waals surface area contributed by atoms with Gasteiger partial charge in [-0.25, -0.2) is 4.98 Å². The molecule has 1 aromatic heterocycles. The van der Waals surface area contributed by atoms with E-state index in [1.54, 1.807) is 0 Å². The second kappa shape index (κ2) is 5.72. The van der Waals surface area contributed by atoms with E-state index in [4.69, 9.17) is 0 Å². The number of aliphatic imine (C=N–C) groups is 1. The molecule has 3 aromatic rings. The molecule has 0 fully saturated rings. The topological polar surface area (TPSA) is 51.0 Å². The summed E-state index contributed by atoms with van der Waals surface area (Å²) in [5.74, 6) is 0.668. The molecule has 4 nitrogen and oxygen atoms in total. The summed E-state index contributed by atoms with van der Waals surface area (Å²) in [6.07, 6.45) is 2.67. The number of hydrogen-bond donors (Lipinski definition) is 0. The summed E-state index contributed by atoms with van der Waals surface area (Å²) in [4.78, 5) is 9.07. The summed E-state index contributed by atoms with van der Waals surface area (Å²) < 4.78 is 0. The Kier molecular flexibility index (Phi) is 3.42. The van der Waals surface area contributed by atoms with Crippen LogP contribution >= 0.6 is 0 Å². The van der Waals surface area contributed by atoms with Gasteiger partial charge in [-0.15, -0.1) is 10.2 Å². The van der Waals surface area contributed by atoms with E-state index >= 15 is 0 Å². The van der Waals surface area contributed by atoms with Crippen molar-refractivity contribution in [3.63, 3.8) is 0 Å². The van der Waals surface area contributed by atoms with Gasteiger partial charge in [0.2, 0.25) is 0 Å². The molecule has 4 rings (SSSR count). The summed E-state index contributed by atoms with van der Waals surface area (Å²) in [7, 11) is 0. The molecule has 0 spiro atoms. The van der Waals surface area contributed by atoms with Crippen LogP contribution in [0.3, 0.4) is 0 Å². The molecular weight excluding hydrogens is 284 g/mol. The zero-order chi connectivity index (χ0) is 15.6. The lowest BCUT2D eigenvalue weighted by molar-refractivity contribution is 0.819. The zero-order valence-corrected chi connectivity index (χ0v) is 12.9. The van der Waals surface area contributed by atoms with Crippen molar-refractivity contribution in [3.8, 4) is 11.3 Å². The van der Waals surface area contributed by atoms with E-state index < -0.39 is 0 Å². The van der Waals surface area contributed by atoms with Crippen LogP contribution in [0.1, 0.15) is 28.2 Å². The van der Waals surface area contributed by atoms with E-state index in [1.165, 1.54) is 16.7 Å². The molecule has 4 heteroatoms. The maximum atomic E-state index is 4.65. The third-order valence-corrected chi connectivity index (χ3v) is 4.03. The molecule has 112 valence electrons. The lowest BCUT2D eigenvalue weighted by atomic mass is 10.0. The largest absolute Gasteiger partial charge is 0.284 e. The third-order valence-electron chi connectivity index (χ3n) is 4.03. The van der Waals surface area contributed by atoms with Crippen molar-refractivity contribution in [1.82, 2.24) is 15.2 Å². The second-order valence-electron chi connectivity index (χ2n) is 5.69. The normalized spacial score (nSPS) is 12.4. The van der Waals surface area contributed by atoms with Gasteiger partial charge in [0, 0.05) is 18.2 Å². The summed E-state index contributed by atoms with van der Waals surface area (Å²) >= 11 is 0. The van der Waals surface area contributed by atoms with Crippen LogP contribution in [0.15, 0.2) is 53.5 Å². The zero-order valence-electron chi connectivity index (χ0n) is 12.9. The smallest absolute Gasteiger partial charge is 0.172 e. The molecule has 0 N–H and O–H groups in total. The Morgan fingerprint density at radius 1 is 1.04 bits per heavy atom. The first-order valence-electron chi connectivity index (χ1n) is 7.67. The number of benzene rings is 2. The number of hydrogen-bond acceptors (Lipinski definition) is 4. The third kappa shape index (κ3) is 2.63. The lowest BCUT2D eigenvalue weighted by Crippen LogP contribution is -2.01. The Hall–Kier alpha value is -2.88. The molecule has 0 aliphatic heterocycles. The van der Waals surface area contributed by atoms with Crippen molar-refractivity contribution in [2.75, 3.05) is 0 Å². The fraction of sp³-hybridized carbons (Fsp3) is 0.158. The van der Waals surface area contributed by atoms with E-state index in [0.29, 0.717) is 12.4 Å². The Morgan fingerprint density at radius 2 is 1.91 bits per heavy atom. The van der Waals surface area contributed by atoms with Gasteiger partial charge in [-0.05, 0) is 23.6 Å². The average molecular weight is 300 g/mol. The molecule has 0 bridgehead atoms. The van der Waals surface area contributed by atoms with Crippen molar-refractivity contribution in [2.24, 2.45) is 4.99 Å². The Balaban J connectivity index is 1.56. The standard InChI is InChI=1S/C19H16N4/c1-13-6-5-9-15-10-16-19(18(13)15)23-22-17(21-16)12-20-11-14-7-3-2-4-8-14/h2-9,11H,10,12H2,1H3. The quantitative estimate of drug-likeness (QED) is 0.545. The molecule has 0 unspecified atom stereocenters. The highest BCUT2D eigenvalue weighted by Gasteiger charge is 2.23. The minimum absolute atomic E-state index is 0.449. The average Bonchev–Trinajstić information content (AvgIpc) is 2.95. The number of aromatic nitrogens is 3. The van der Waals surface area contributed by atoms with Gasteiger partial charge in [-0.2, -0.15) is 0 Å². The fourth-order valence-electron chi connectivity index (χ4n) is 2.95. The van der Waals surface area contributed by atoms with Crippen LogP contribution in [0.5, 0.6) is 0 Å². The minimum Gasteiger partial charge on any atom is -0.284 e. The number of nitrogens with zero attached hydrogens (tertiary/aromatic N) is 4. The van der Waals surface area contributed by atoms with Crippen molar-refractivity contribution in [1.29, 1.82) is 0 Å². The van der Waals surface area contributed by atoms with Crippen LogP contribution in [0.2, 0.25) is 0 Å². The van der Waals surface area contributed by atoms with Crippen LogP contribution in [0.25, 0.3) is 11.3 Å². The monoisotopic (exact) mass is 300 g/mol. The lowest BCUT2D eigenvalue weighted by Gasteiger charge is -2.03. The first-order valence-corrected chi connectivity index (χ1v) is 7.67. The van der Waals surface area contributed by atoms with E-state index in [2.05, 4.69) is 45.3 Å². The van der Waals surface area contributed by atoms with Crippen LogP contribution in [0.4, 0.5) is 0 Å². The number of aryl methyl sites for hydroxylation is 1. The first kappa shape index (κ1) is 13.8. The van der Waals surface area contributed by atoms with E-state index in [0.717, 1.165) is 23.4 Å². The molecule has 0 saturated carbocycles. The second-order valence-corrected chi connectivity index (χ2v) is 5.69. The van der Waals surface area contributed by atoms with Gasteiger partial charge >= 0.3 is 0 Å². The highest BCUT2D eigenvalue weighted by Crippen LogP contribution is 2.35. The number of rotatable bonds is 3. The molecule has 1 aliphatic rings. The molecule has 23 heavy (non-hydrogen) atoms. The van der Waals surface area contributed by atoms with Crippen molar-refractivity contribution in [3.05, 3.63) is 76.7 Å². The summed E-state index contributed by atoms with van der Waals surface area (Å²) in [6.45, 7) is 2.55. The van der Waals surface area contributed by atoms with Gasteiger partial charge in [0.05, 0.1) is 5.69 Å². The molecule has 2 aromatic carbocycles. The SMILES string of the molecule is Cc1cccc2c1-c1nnc(CN=Cc3ccccc3)nc1C2. The van der Waals surface area contributed by atoms with Gasteiger partial charge in [0.25, 0.3) is 0 Å². The van der Waals surface area contributed by atoms with Gasteiger partial charge in [0.1, 0.15) is 12.2 Å². The van der Waals surface area contributed by atoms with Crippen LogP contribution in [0, 0.1) is 6.92 Å². The van der Waals surface area contributed by atoms with Crippen molar-refractivity contribution < 1.29 is 0 Å². The molecule has 1 heterocycles. The molecular formula is C19H16N4. The first-order chi connectivity index (χ1) is 11.3. The van der Waals surface area contributed by atoms with Crippen LogP contribution in [-0.2, 0) is 13.0 Å². The minimum atomic E-state index is 0.449. The highest BCUT2D eigenvalue weighted by atomic mass is 15.2. The van der Waals surface area contributed by atoms with Gasteiger partial charge in [0.15, 0.2) is 5.82 Å². The Labute approximate surface area is 135 Å². The summed E-state index contributed by atoms with van der Waals surface area (Å²) in [5, 5.41) is 8.65. The Morgan fingerprint density at radius 3 is 2.78 bits per heavy atom. The molecule has 1 aliphatic carbocycles. The van der Waals surface area contributed by atoms with Crippen LogP contribution < -0.4 is 0 Å². The molecule has 0 radical (unpaired) electrons. The van der Waals surface area contributed by atoms with Gasteiger partial charge in [-0.3, -0.25) is 4.99 Å². The predicted octanol–water partition coefficient (Wildman–Crippen LogP) is 3.37. The molecule has 0 atom stereocenters. The van der Waals surface area contributed by atoms with Gasteiger partial charge in [-0.1, -0.05) is 48.5 Å². The van der Waals surface area contributed by atoms with E-state index in [1.807, 2.05) is 36.5 Å². The maximum Gasteiger partial charge on any atom is 0.172 e. The fourth-order valence-corrected chi connectivity index (χ4v) is 2.95. The van der Waals surface area contributed by atoms with Gasteiger partial charge < -0.3 is 0 Å². The highest BCUT2D eigenvalue weighted by molar-refractivity contribution is 5.79. The van der Waals surface area contributed by atoms with E-state index in [9.17, 15) is 0 Å². The molecule has 0 saturated heterocycles. The van der Waals surface area contributed by atoms with Crippen molar-refractivity contribution >= 4 is 6.21 Å². The maximum absolute atomic E-state index is 4.65. The summed E-state index contributed by atoms with van der Waals surface area (Å²) in [6, 6.07) is 16.3. The van der Waals surface area contributed by atoms with Crippen LogP contribution in [-0.4, -0.2) is 21.4 Å². The molecule has 0 amide bonds.